The number of benzene rings is 2. The van der Waals surface area contributed by atoms with Gasteiger partial charge in [-0.3, -0.25) is 9.59 Å². The molecule has 2 N–H and O–H groups in total. The molecule has 0 spiro atoms. The number of likely N-dealkylation sites (tertiary alicyclic amines) is 1. The van der Waals surface area contributed by atoms with Gasteiger partial charge in [0.25, 0.3) is 0 Å². The molecule has 1 atom stereocenters. The second-order valence-electron chi connectivity index (χ2n) is 7.62. The summed E-state index contributed by atoms with van der Waals surface area (Å²) in [5.74, 6) is 1.21. The first-order valence-electron chi connectivity index (χ1n) is 9.30. The molecule has 1 aliphatic heterocycles. The Morgan fingerprint density at radius 1 is 1.04 bits per heavy atom. The maximum absolute atomic E-state index is 12.9. The van der Waals surface area contributed by atoms with Crippen LogP contribution in [0.25, 0.3) is 0 Å². The van der Waals surface area contributed by atoms with Crippen molar-refractivity contribution < 1.29 is 14.3 Å². The van der Waals surface area contributed by atoms with Gasteiger partial charge in [-0.05, 0) is 63.1 Å². The summed E-state index contributed by atoms with van der Waals surface area (Å²) in [4.78, 5) is 27.0. The molecule has 0 unspecified atom stereocenters. The fraction of sp³-hybridized carbons (Fsp3) is 0.364. The molecule has 3 rings (SSSR count). The van der Waals surface area contributed by atoms with Crippen molar-refractivity contribution in [3.05, 3.63) is 60.2 Å². The highest BCUT2D eigenvalue weighted by Crippen LogP contribution is 2.25. The van der Waals surface area contributed by atoms with Gasteiger partial charge in [0.15, 0.2) is 5.78 Å². The smallest absolute Gasteiger partial charge is 0.242 e. The topological polar surface area (TPSA) is 72.6 Å². The molecular formula is C22H26N2O3. The molecule has 0 aliphatic carbocycles. The Bertz CT molecular complexity index is 795. The van der Waals surface area contributed by atoms with Gasteiger partial charge >= 0.3 is 0 Å². The highest BCUT2D eigenvalue weighted by atomic mass is 16.5. The number of nitrogens with two attached hydrogens (primary N) is 1. The first kappa shape index (κ1) is 19.1. The number of piperidine rings is 1. The van der Waals surface area contributed by atoms with E-state index in [4.69, 9.17) is 10.5 Å². The molecule has 27 heavy (non-hydrogen) atoms. The van der Waals surface area contributed by atoms with E-state index in [0.717, 1.165) is 18.6 Å². The van der Waals surface area contributed by atoms with Crippen LogP contribution in [0.2, 0.25) is 0 Å². The van der Waals surface area contributed by atoms with Crippen LogP contribution in [0.5, 0.6) is 11.5 Å². The van der Waals surface area contributed by atoms with Crippen LogP contribution in [0.4, 0.5) is 0 Å². The summed E-state index contributed by atoms with van der Waals surface area (Å²) < 4.78 is 5.77. The Labute approximate surface area is 160 Å². The maximum atomic E-state index is 12.9. The maximum Gasteiger partial charge on any atom is 0.242 e. The number of hydrogen-bond donors (Lipinski definition) is 1. The van der Waals surface area contributed by atoms with Crippen molar-refractivity contribution in [3.8, 4) is 11.5 Å². The molecule has 0 radical (unpaired) electrons. The minimum atomic E-state index is -0.915. The molecule has 0 saturated carbocycles. The fourth-order valence-corrected chi connectivity index (χ4v) is 3.33. The summed E-state index contributed by atoms with van der Waals surface area (Å²) in [6.45, 7) is 4.49. The number of rotatable bonds is 5. The van der Waals surface area contributed by atoms with Crippen LogP contribution in [-0.4, -0.2) is 35.2 Å². The normalized spacial score (nSPS) is 17.4. The lowest BCUT2D eigenvalue weighted by molar-refractivity contribution is -0.137. The van der Waals surface area contributed by atoms with E-state index in [0.29, 0.717) is 24.4 Å². The molecular weight excluding hydrogens is 340 g/mol. The Kier molecular flexibility index (Phi) is 5.61. The van der Waals surface area contributed by atoms with Crippen LogP contribution in [-0.2, 0) is 4.79 Å². The zero-order chi connectivity index (χ0) is 19.4. The Hall–Kier alpha value is -2.66. The van der Waals surface area contributed by atoms with E-state index in [-0.39, 0.29) is 17.6 Å². The first-order chi connectivity index (χ1) is 12.8. The lowest BCUT2D eigenvalue weighted by Gasteiger charge is -2.35. The van der Waals surface area contributed by atoms with Crippen molar-refractivity contribution >= 4 is 11.7 Å². The quantitative estimate of drug-likeness (QED) is 0.820. The van der Waals surface area contributed by atoms with E-state index in [9.17, 15) is 9.59 Å². The van der Waals surface area contributed by atoms with Gasteiger partial charge in [-0.1, -0.05) is 18.2 Å². The van der Waals surface area contributed by atoms with Crippen LogP contribution >= 0.6 is 0 Å². The zero-order valence-electron chi connectivity index (χ0n) is 15.9. The van der Waals surface area contributed by atoms with Gasteiger partial charge in [0.2, 0.25) is 5.91 Å². The van der Waals surface area contributed by atoms with Crippen molar-refractivity contribution in [2.75, 3.05) is 13.1 Å². The van der Waals surface area contributed by atoms with Gasteiger partial charge in [-0.25, -0.2) is 0 Å². The number of hydrogen-bond acceptors (Lipinski definition) is 4. The first-order valence-corrected chi connectivity index (χ1v) is 9.30. The molecule has 1 saturated heterocycles. The van der Waals surface area contributed by atoms with Crippen molar-refractivity contribution in [1.29, 1.82) is 0 Å². The third-order valence-corrected chi connectivity index (χ3v) is 4.75. The Balaban J connectivity index is 1.65. The van der Waals surface area contributed by atoms with E-state index in [1.54, 1.807) is 43.0 Å². The number of ketones is 1. The molecule has 0 aromatic heterocycles. The van der Waals surface area contributed by atoms with Crippen LogP contribution in [0, 0.1) is 5.92 Å². The van der Waals surface area contributed by atoms with Gasteiger partial charge in [0.05, 0.1) is 5.54 Å². The number of nitrogens with zero attached hydrogens (tertiary/aromatic N) is 1. The van der Waals surface area contributed by atoms with Crippen LogP contribution in [0.1, 0.15) is 37.0 Å². The van der Waals surface area contributed by atoms with Crippen molar-refractivity contribution in [2.45, 2.75) is 32.2 Å². The lowest BCUT2D eigenvalue weighted by atomic mass is 9.89. The van der Waals surface area contributed by atoms with Crippen molar-refractivity contribution in [2.24, 2.45) is 11.7 Å². The summed E-state index contributed by atoms with van der Waals surface area (Å²) in [5, 5.41) is 0. The summed E-state index contributed by atoms with van der Waals surface area (Å²) in [7, 11) is 0. The molecule has 1 fully saturated rings. The van der Waals surface area contributed by atoms with Gasteiger partial charge in [0, 0.05) is 24.6 Å². The monoisotopic (exact) mass is 366 g/mol. The number of ether oxygens (including phenoxy) is 1. The third kappa shape index (κ3) is 4.74. The van der Waals surface area contributed by atoms with E-state index < -0.39 is 5.54 Å². The fourth-order valence-electron chi connectivity index (χ4n) is 3.33. The lowest BCUT2D eigenvalue weighted by Crippen LogP contribution is -2.54. The molecule has 1 aliphatic rings. The van der Waals surface area contributed by atoms with E-state index in [1.807, 2.05) is 30.3 Å². The molecule has 2 aromatic rings. The summed E-state index contributed by atoms with van der Waals surface area (Å²) in [5.41, 5.74) is 5.66. The van der Waals surface area contributed by atoms with E-state index >= 15 is 0 Å². The average molecular weight is 366 g/mol. The standard InChI is InChI=1S/C22H26N2O3/c1-22(2,23)21(26)24-14-6-7-17(15-24)20(25)16-10-12-19(13-11-16)27-18-8-4-3-5-9-18/h3-5,8-13,17H,6-7,14-15,23H2,1-2H3/t17-/m0/s1. The SMILES string of the molecule is CC(C)(N)C(=O)N1CCC[C@H](C(=O)c2ccc(Oc3ccccc3)cc2)C1. The molecule has 0 bridgehead atoms. The Morgan fingerprint density at radius 3 is 2.30 bits per heavy atom. The minimum Gasteiger partial charge on any atom is -0.457 e. The van der Waals surface area contributed by atoms with Gasteiger partial charge in [-0.2, -0.15) is 0 Å². The molecule has 2 aromatic carbocycles. The molecule has 5 heteroatoms. The highest BCUT2D eigenvalue weighted by molar-refractivity contribution is 5.98. The average Bonchev–Trinajstić information content (AvgIpc) is 2.67. The third-order valence-electron chi connectivity index (χ3n) is 4.75. The largest absolute Gasteiger partial charge is 0.457 e. The van der Waals surface area contributed by atoms with Gasteiger partial charge in [0.1, 0.15) is 11.5 Å². The second kappa shape index (κ2) is 7.92. The molecule has 5 nitrogen and oxygen atoms in total. The predicted octanol–water partition coefficient (Wildman–Crippen LogP) is 3.64. The van der Waals surface area contributed by atoms with E-state index in [1.165, 1.54) is 0 Å². The number of amides is 1. The summed E-state index contributed by atoms with van der Waals surface area (Å²) >= 11 is 0. The van der Waals surface area contributed by atoms with Crippen LogP contribution in [0.15, 0.2) is 54.6 Å². The minimum absolute atomic E-state index is 0.0635. The second-order valence-corrected chi connectivity index (χ2v) is 7.62. The van der Waals surface area contributed by atoms with Crippen LogP contribution < -0.4 is 10.5 Å². The number of para-hydroxylation sites is 1. The number of Topliss-reactive ketones (excluding diaryl/α,β-unsaturated/α-hetero) is 1. The number of carbonyl (C=O) groups is 2. The van der Waals surface area contributed by atoms with Gasteiger partial charge < -0.3 is 15.4 Å². The zero-order valence-corrected chi connectivity index (χ0v) is 15.9. The molecule has 1 amide bonds. The van der Waals surface area contributed by atoms with Crippen molar-refractivity contribution in [1.82, 2.24) is 4.90 Å². The Morgan fingerprint density at radius 2 is 1.67 bits per heavy atom. The molecule has 1 heterocycles. The van der Waals surface area contributed by atoms with Crippen molar-refractivity contribution in [3.63, 3.8) is 0 Å². The highest BCUT2D eigenvalue weighted by Gasteiger charge is 2.34. The van der Waals surface area contributed by atoms with E-state index in [2.05, 4.69) is 0 Å². The summed E-state index contributed by atoms with van der Waals surface area (Å²) in [6, 6.07) is 16.7. The number of carbonyl (C=O) groups excluding carboxylic acids is 2. The molecule has 142 valence electrons. The van der Waals surface area contributed by atoms with Crippen LogP contribution in [0.3, 0.4) is 0 Å². The van der Waals surface area contributed by atoms with Gasteiger partial charge in [-0.15, -0.1) is 0 Å². The summed E-state index contributed by atoms with van der Waals surface area (Å²) in [6.07, 6.45) is 1.60. The predicted molar refractivity (Wildman–Crippen MR) is 105 cm³/mol.